The highest BCUT2D eigenvalue weighted by atomic mass is 32.2. The van der Waals surface area contributed by atoms with E-state index < -0.39 is 5.60 Å². The summed E-state index contributed by atoms with van der Waals surface area (Å²) in [6.07, 6.45) is 3.71. The molecule has 2 aromatic heterocycles. The van der Waals surface area contributed by atoms with Crippen LogP contribution in [0.4, 0.5) is 16.3 Å². The van der Waals surface area contributed by atoms with Crippen LogP contribution in [0.25, 0.3) is 0 Å². The number of amides is 2. The van der Waals surface area contributed by atoms with Gasteiger partial charge in [-0.3, -0.25) is 9.59 Å². The van der Waals surface area contributed by atoms with Gasteiger partial charge < -0.3 is 24.8 Å². The van der Waals surface area contributed by atoms with Crippen LogP contribution < -0.4 is 15.8 Å². The summed E-state index contributed by atoms with van der Waals surface area (Å²) in [7, 11) is 0. The first kappa shape index (κ1) is 25.5. The molecule has 2 amide bonds. The molecule has 34 heavy (non-hydrogen) atoms. The second-order valence-electron chi connectivity index (χ2n) is 9.04. The molecule has 3 heterocycles. The number of nitrogens with one attached hydrogen (secondary N) is 2. The smallest absolute Gasteiger partial charge is 0.410 e. The van der Waals surface area contributed by atoms with Gasteiger partial charge in [0, 0.05) is 43.9 Å². The summed E-state index contributed by atoms with van der Waals surface area (Å²) < 4.78 is 5.43. The van der Waals surface area contributed by atoms with Gasteiger partial charge in [-0.15, -0.1) is 0 Å². The number of ether oxygens (including phenoxy) is 1. The zero-order chi connectivity index (χ0) is 24.9. The van der Waals surface area contributed by atoms with E-state index in [1.165, 1.54) is 11.8 Å². The molecular formula is C23H32N6O4S. The van der Waals surface area contributed by atoms with Crippen molar-refractivity contribution in [2.24, 2.45) is 0 Å². The lowest BCUT2D eigenvalue weighted by Gasteiger charge is -2.36. The highest BCUT2D eigenvalue weighted by molar-refractivity contribution is 7.98. The summed E-state index contributed by atoms with van der Waals surface area (Å²) in [4.78, 5) is 52.0. The number of hydrogen-bond acceptors (Lipinski definition) is 8. The first-order valence-electron chi connectivity index (χ1n) is 11.2. The molecule has 2 aromatic rings. The van der Waals surface area contributed by atoms with Crippen molar-refractivity contribution in [1.82, 2.24) is 19.9 Å². The van der Waals surface area contributed by atoms with Crippen molar-refractivity contribution in [3.8, 4) is 0 Å². The number of H-pyrrole nitrogens is 1. The molecule has 0 bridgehead atoms. The molecule has 0 aromatic carbocycles. The highest BCUT2D eigenvalue weighted by Gasteiger charge is 2.26. The second kappa shape index (κ2) is 10.9. The molecule has 0 atom stereocenters. The maximum Gasteiger partial charge on any atom is 0.410 e. The van der Waals surface area contributed by atoms with Crippen LogP contribution in [-0.4, -0.2) is 69.9 Å². The predicted molar refractivity (Wildman–Crippen MR) is 133 cm³/mol. The van der Waals surface area contributed by atoms with E-state index >= 15 is 0 Å². The second-order valence-corrected chi connectivity index (χ2v) is 9.84. The molecular weight excluding hydrogens is 456 g/mol. The SMILES string of the molecule is CSc1nc(C)c(CCC(=O)Nc2ccc(N3CCN(C(=O)OC(C)(C)C)CC3)cn2)c(=O)[nH]1. The Morgan fingerprint density at radius 1 is 1.21 bits per heavy atom. The third-order valence-corrected chi connectivity index (χ3v) is 5.89. The molecule has 11 heteroatoms. The summed E-state index contributed by atoms with van der Waals surface area (Å²) in [6.45, 7) is 9.82. The number of aryl methyl sites for hydroxylation is 1. The third kappa shape index (κ3) is 6.96. The van der Waals surface area contributed by atoms with Gasteiger partial charge in [0.15, 0.2) is 5.16 Å². The van der Waals surface area contributed by atoms with E-state index in [1.807, 2.05) is 33.1 Å². The van der Waals surface area contributed by atoms with Crippen LogP contribution in [0.2, 0.25) is 0 Å². The fraction of sp³-hybridized carbons (Fsp3) is 0.522. The van der Waals surface area contributed by atoms with Crippen LogP contribution in [0.5, 0.6) is 0 Å². The van der Waals surface area contributed by atoms with Gasteiger partial charge in [0.2, 0.25) is 5.91 Å². The minimum Gasteiger partial charge on any atom is -0.444 e. The topological polar surface area (TPSA) is 121 Å². The van der Waals surface area contributed by atoms with Gasteiger partial charge in [-0.25, -0.2) is 14.8 Å². The Hall–Kier alpha value is -3.08. The van der Waals surface area contributed by atoms with Crippen LogP contribution >= 0.6 is 11.8 Å². The van der Waals surface area contributed by atoms with Crippen molar-refractivity contribution >= 4 is 35.3 Å². The molecule has 1 aliphatic heterocycles. The van der Waals surface area contributed by atoms with Crippen molar-refractivity contribution in [2.45, 2.75) is 51.3 Å². The van der Waals surface area contributed by atoms with Gasteiger partial charge in [0.25, 0.3) is 5.56 Å². The van der Waals surface area contributed by atoms with E-state index in [9.17, 15) is 14.4 Å². The summed E-state index contributed by atoms with van der Waals surface area (Å²) >= 11 is 1.37. The standard InChI is InChI=1S/C23H32N6O4S/c1-15-17(20(31)27-21(25-15)34-5)7-9-19(30)26-18-8-6-16(14-24-18)28-10-12-29(13-11-28)22(32)33-23(2,3)4/h6,8,14H,7,9-13H2,1-5H3,(H,24,26,30)(H,25,27,31). The molecule has 0 radical (unpaired) electrons. The first-order chi connectivity index (χ1) is 16.1. The maximum atomic E-state index is 12.4. The number of aromatic nitrogens is 3. The largest absolute Gasteiger partial charge is 0.444 e. The molecule has 0 aliphatic carbocycles. The van der Waals surface area contributed by atoms with E-state index in [0.717, 1.165) is 5.69 Å². The zero-order valence-corrected chi connectivity index (χ0v) is 21.1. The number of anilines is 2. The van der Waals surface area contributed by atoms with Crippen LogP contribution in [0.15, 0.2) is 28.3 Å². The minimum absolute atomic E-state index is 0.153. The number of aromatic amines is 1. The summed E-state index contributed by atoms with van der Waals surface area (Å²) in [5.74, 6) is 0.224. The van der Waals surface area contributed by atoms with Crippen molar-refractivity contribution in [3.63, 3.8) is 0 Å². The lowest BCUT2D eigenvalue weighted by Crippen LogP contribution is -2.50. The highest BCUT2D eigenvalue weighted by Crippen LogP contribution is 2.19. The van der Waals surface area contributed by atoms with E-state index in [0.29, 0.717) is 54.8 Å². The van der Waals surface area contributed by atoms with Crippen LogP contribution in [-0.2, 0) is 16.0 Å². The number of nitrogens with zero attached hydrogens (tertiary/aromatic N) is 4. The minimum atomic E-state index is -0.511. The predicted octanol–water partition coefficient (Wildman–Crippen LogP) is 2.82. The first-order valence-corrected chi connectivity index (χ1v) is 12.4. The summed E-state index contributed by atoms with van der Waals surface area (Å²) in [5, 5.41) is 3.33. The van der Waals surface area contributed by atoms with Gasteiger partial charge >= 0.3 is 6.09 Å². The monoisotopic (exact) mass is 488 g/mol. The fourth-order valence-corrected chi connectivity index (χ4v) is 3.96. The van der Waals surface area contributed by atoms with Gasteiger partial charge in [0.05, 0.1) is 11.9 Å². The van der Waals surface area contributed by atoms with Crippen LogP contribution in [0.1, 0.15) is 38.4 Å². The van der Waals surface area contributed by atoms with E-state index in [1.54, 1.807) is 24.1 Å². The molecule has 2 N–H and O–H groups in total. The fourth-order valence-electron chi connectivity index (χ4n) is 3.54. The number of pyridine rings is 1. The van der Waals surface area contributed by atoms with Crippen molar-refractivity contribution in [2.75, 3.05) is 42.7 Å². The molecule has 1 fully saturated rings. The van der Waals surface area contributed by atoms with Crippen LogP contribution in [0.3, 0.4) is 0 Å². The van der Waals surface area contributed by atoms with Crippen molar-refractivity contribution in [1.29, 1.82) is 0 Å². The van der Waals surface area contributed by atoms with Gasteiger partial charge in [-0.1, -0.05) is 11.8 Å². The Kier molecular flexibility index (Phi) is 8.19. The van der Waals surface area contributed by atoms with E-state index in [-0.39, 0.29) is 24.0 Å². The molecule has 3 rings (SSSR count). The van der Waals surface area contributed by atoms with E-state index in [2.05, 4.69) is 25.2 Å². The molecule has 0 spiro atoms. The average molecular weight is 489 g/mol. The molecule has 1 aliphatic rings. The zero-order valence-electron chi connectivity index (χ0n) is 20.3. The average Bonchev–Trinajstić information content (AvgIpc) is 2.78. The molecule has 10 nitrogen and oxygen atoms in total. The lowest BCUT2D eigenvalue weighted by molar-refractivity contribution is -0.116. The number of thioether (sulfide) groups is 1. The molecule has 1 saturated heterocycles. The number of hydrogen-bond donors (Lipinski definition) is 2. The summed E-state index contributed by atoms with van der Waals surface area (Å²) in [6, 6.07) is 3.64. The number of piperazine rings is 1. The number of carbonyl (C=O) groups is 2. The van der Waals surface area contributed by atoms with Crippen molar-refractivity contribution < 1.29 is 14.3 Å². The number of rotatable bonds is 6. The maximum absolute atomic E-state index is 12.4. The molecule has 0 unspecified atom stereocenters. The Bertz CT molecular complexity index is 1070. The molecule has 184 valence electrons. The van der Waals surface area contributed by atoms with Gasteiger partial charge in [0.1, 0.15) is 11.4 Å². The Morgan fingerprint density at radius 3 is 2.47 bits per heavy atom. The molecule has 0 saturated carbocycles. The van der Waals surface area contributed by atoms with Gasteiger partial charge in [-0.2, -0.15) is 0 Å². The Labute approximate surface area is 203 Å². The Morgan fingerprint density at radius 2 is 1.91 bits per heavy atom. The van der Waals surface area contributed by atoms with Crippen molar-refractivity contribution in [3.05, 3.63) is 39.9 Å². The van der Waals surface area contributed by atoms with Crippen LogP contribution in [0, 0.1) is 6.92 Å². The Balaban J connectivity index is 1.49. The summed E-state index contributed by atoms with van der Waals surface area (Å²) in [5.41, 5.74) is 1.35. The lowest BCUT2D eigenvalue weighted by atomic mass is 10.1. The quantitative estimate of drug-likeness (QED) is 0.470. The van der Waals surface area contributed by atoms with Gasteiger partial charge in [-0.05, 0) is 52.5 Å². The van der Waals surface area contributed by atoms with E-state index in [4.69, 9.17) is 4.74 Å². The normalized spacial score (nSPS) is 14.1. The number of carbonyl (C=O) groups excluding carboxylic acids is 2. The third-order valence-electron chi connectivity index (χ3n) is 5.31.